The molecule has 0 saturated carbocycles. The monoisotopic (exact) mass is 488 g/mol. The van der Waals surface area contributed by atoms with Crippen molar-refractivity contribution in [1.82, 2.24) is 15.1 Å². The van der Waals surface area contributed by atoms with Crippen LogP contribution < -0.4 is 15.4 Å². The van der Waals surface area contributed by atoms with Crippen LogP contribution in [0.2, 0.25) is 5.02 Å². The van der Waals surface area contributed by atoms with Crippen molar-refractivity contribution >= 4 is 35.6 Å². The lowest BCUT2D eigenvalue weighted by atomic mass is 9.91. The average Bonchev–Trinajstić information content (AvgIpc) is 3.21. The van der Waals surface area contributed by atoms with E-state index in [1.165, 1.54) is 5.56 Å². The molecule has 1 aliphatic heterocycles. The first-order valence-corrected chi connectivity index (χ1v) is 11.3. The number of aryl methyl sites for hydroxylation is 3. The lowest BCUT2D eigenvalue weighted by Gasteiger charge is -2.25. The quantitative estimate of drug-likeness (QED) is 0.490. The topological polar surface area (TPSA) is 68.2 Å². The Labute approximate surface area is 206 Å². The first-order valence-electron chi connectivity index (χ1n) is 10.9. The Morgan fingerprint density at radius 3 is 2.55 bits per heavy atom. The molecule has 1 aromatic heterocycles. The summed E-state index contributed by atoms with van der Waals surface area (Å²) in [6, 6.07) is 9.86. The zero-order valence-electron chi connectivity index (χ0n) is 19.4. The van der Waals surface area contributed by atoms with E-state index in [0.717, 1.165) is 48.4 Å². The van der Waals surface area contributed by atoms with Crippen molar-refractivity contribution in [2.75, 3.05) is 25.5 Å². The lowest BCUT2D eigenvalue weighted by Crippen LogP contribution is -2.29. The van der Waals surface area contributed by atoms with Gasteiger partial charge in [-0.3, -0.25) is 4.79 Å². The van der Waals surface area contributed by atoms with Crippen molar-refractivity contribution in [1.29, 1.82) is 0 Å². The molecule has 0 spiro atoms. The van der Waals surface area contributed by atoms with Crippen LogP contribution in [0, 0.1) is 20.8 Å². The Balaban J connectivity index is 0.00000306. The van der Waals surface area contributed by atoms with Gasteiger partial charge in [0, 0.05) is 17.0 Å². The molecule has 1 fully saturated rings. The Morgan fingerprint density at radius 1 is 1.15 bits per heavy atom. The second-order valence-electron chi connectivity index (χ2n) is 8.43. The minimum absolute atomic E-state index is 0. The number of rotatable bonds is 5. The summed E-state index contributed by atoms with van der Waals surface area (Å²) in [6.45, 7) is 7.91. The smallest absolute Gasteiger partial charge is 0.259 e. The van der Waals surface area contributed by atoms with Crippen LogP contribution in [0.5, 0.6) is 5.75 Å². The summed E-state index contributed by atoms with van der Waals surface area (Å²) >= 11 is 6.23. The van der Waals surface area contributed by atoms with Gasteiger partial charge in [-0.2, -0.15) is 5.10 Å². The number of ether oxygens (including phenoxy) is 1. The fourth-order valence-electron chi connectivity index (χ4n) is 4.38. The summed E-state index contributed by atoms with van der Waals surface area (Å²) in [6.07, 6.45) is 3.60. The number of nitrogens with one attached hydrogen (secondary N) is 2. The molecule has 1 amide bonds. The van der Waals surface area contributed by atoms with Gasteiger partial charge in [0.1, 0.15) is 5.75 Å². The number of aromatic nitrogens is 2. The average molecular weight is 489 g/mol. The zero-order chi connectivity index (χ0) is 22.8. The van der Waals surface area contributed by atoms with Gasteiger partial charge in [0.15, 0.2) is 0 Å². The third kappa shape index (κ3) is 5.18. The van der Waals surface area contributed by atoms with Crippen molar-refractivity contribution in [3.05, 3.63) is 69.5 Å². The lowest BCUT2D eigenvalue weighted by molar-refractivity contribution is 0.102. The van der Waals surface area contributed by atoms with Crippen LogP contribution in [0.3, 0.4) is 0 Å². The number of halogens is 2. The second-order valence-corrected chi connectivity index (χ2v) is 8.83. The predicted molar refractivity (Wildman–Crippen MR) is 136 cm³/mol. The number of benzene rings is 2. The number of hydrogen-bond acceptors (Lipinski definition) is 4. The molecule has 176 valence electrons. The van der Waals surface area contributed by atoms with Crippen LogP contribution >= 0.6 is 24.0 Å². The fraction of sp³-hybridized carbons (Fsp3) is 0.360. The highest BCUT2D eigenvalue weighted by Crippen LogP contribution is 2.34. The predicted octanol–water partition coefficient (Wildman–Crippen LogP) is 5.60. The van der Waals surface area contributed by atoms with Crippen LogP contribution in [0.25, 0.3) is 5.69 Å². The van der Waals surface area contributed by atoms with E-state index >= 15 is 0 Å². The van der Waals surface area contributed by atoms with Gasteiger partial charge >= 0.3 is 0 Å². The van der Waals surface area contributed by atoms with E-state index in [1.54, 1.807) is 19.4 Å². The molecule has 33 heavy (non-hydrogen) atoms. The molecular formula is C25H30Cl2N4O2. The van der Waals surface area contributed by atoms with Gasteiger partial charge in [-0.05, 0) is 70.0 Å². The minimum atomic E-state index is -0.199. The van der Waals surface area contributed by atoms with Crippen molar-refractivity contribution in [3.63, 3.8) is 0 Å². The van der Waals surface area contributed by atoms with Crippen molar-refractivity contribution in [2.24, 2.45) is 0 Å². The highest BCUT2D eigenvalue weighted by molar-refractivity contribution is 6.31. The highest BCUT2D eigenvalue weighted by atomic mass is 35.5. The zero-order valence-corrected chi connectivity index (χ0v) is 20.9. The molecule has 4 rings (SSSR count). The molecule has 8 heteroatoms. The Morgan fingerprint density at radius 2 is 1.88 bits per heavy atom. The van der Waals surface area contributed by atoms with Gasteiger partial charge in [-0.1, -0.05) is 29.3 Å². The maximum atomic E-state index is 13.5. The van der Waals surface area contributed by atoms with Gasteiger partial charge in [0.05, 0.1) is 35.9 Å². The molecule has 0 atom stereocenters. The number of carbonyl (C=O) groups excluding carboxylic acids is 1. The molecule has 2 N–H and O–H groups in total. The minimum Gasteiger partial charge on any atom is -0.495 e. The Kier molecular flexibility index (Phi) is 8.05. The maximum absolute atomic E-state index is 13.5. The van der Waals surface area contributed by atoms with Gasteiger partial charge in [-0.15, -0.1) is 12.4 Å². The van der Waals surface area contributed by atoms with E-state index in [2.05, 4.69) is 47.8 Å². The molecule has 1 saturated heterocycles. The normalized spacial score (nSPS) is 14.0. The number of hydrogen-bond donors (Lipinski definition) is 2. The summed E-state index contributed by atoms with van der Waals surface area (Å²) in [5.74, 6) is 0.572. The van der Waals surface area contributed by atoms with Crippen LogP contribution in [-0.2, 0) is 0 Å². The van der Waals surface area contributed by atoms with Crippen LogP contribution in [0.15, 0.2) is 36.5 Å². The molecule has 3 aromatic rings. The largest absolute Gasteiger partial charge is 0.495 e. The van der Waals surface area contributed by atoms with Gasteiger partial charge in [0.25, 0.3) is 5.91 Å². The SMILES string of the molecule is COc1cc(Cl)c(C)cc1NC(=O)c1cnn(-c2ccc(C)cc2C)c1C1CCNCC1.Cl. The molecule has 0 radical (unpaired) electrons. The molecule has 0 unspecified atom stereocenters. The summed E-state index contributed by atoms with van der Waals surface area (Å²) in [4.78, 5) is 13.5. The van der Waals surface area contributed by atoms with Gasteiger partial charge in [0.2, 0.25) is 0 Å². The standard InChI is InChI=1S/C25H29ClN4O2.ClH/c1-15-5-6-22(17(3)11-15)30-24(18-7-9-27-10-8-18)19(14-28-30)25(31)29-21-12-16(2)20(26)13-23(21)32-4;/h5-6,11-14,18,27H,7-10H2,1-4H3,(H,29,31);1H. The van der Waals surface area contributed by atoms with E-state index in [0.29, 0.717) is 22.0 Å². The number of nitrogens with zero attached hydrogens (tertiary/aromatic N) is 2. The van der Waals surface area contributed by atoms with E-state index in [9.17, 15) is 4.79 Å². The molecule has 1 aliphatic rings. The molecular weight excluding hydrogens is 459 g/mol. The van der Waals surface area contributed by atoms with Crippen LogP contribution in [0.4, 0.5) is 5.69 Å². The number of amides is 1. The third-order valence-corrected chi connectivity index (χ3v) is 6.49. The van der Waals surface area contributed by atoms with Crippen molar-refractivity contribution in [3.8, 4) is 11.4 Å². The molecule has 0 bridgehead atoms. The molecule has 2 heterocycles. The van der Waals surface area contributed by atoms with E-state index in [1.807, 2.05) is 17.7 Å². The number of piperidine rings is 1. The summed E-state index contributed by atoms with van der Waals surface area (Å²) < 4.78 is 7.39. The maximum Gasteiger partial charge on any atom is 0.259 e. The third-order valence-electron chi connectivity index (χ3n) is 6.09. The van der Waals surface area contributed by atoms with E-state index in [-0.39, 0.29) is 24.2 Å². The number of methoxy groups -OCH3 is 1. The first kappa shape index (κ1) is 25.1. The van der Waals surface area contributed by atoms with Crippen LogP contribution in [-0.4, -0.2) is 35.9 Å². The Hall–Kier alpha value is -2.54. The Bertz CT molecular complexity index is 1150. The molecule has 0 aliphatic carbocycles. The van der Waals surface area contributed by atoms with Crippen molar-refractivity contribution < 1.29 is 9.53 Å². The summed E-state index contributed by atoms with van der Waals surface area (Å²) in [5, 5.41) is 11.7. The molecule has 2 aromatic carbocycles. The van der Waals surface area contributed by atoms with Gasteiger partial charge < -0.3 is 15.4 Å². The van der Waals surface area contributed by atoms with E-state index < -0.39 is 0 Å². The van der Waals surface area contributed by atoms with Crippen molar-refractivity contribution in [2.45, 2.75) is 39.5 Å². The number of carbonyl (C=O) groups is 1. The molecule has 6 nitrogen and oxygen atoms in total. The highest BCUT2D eigenvalue weighted by Gasteiger charge is 2.28. The first-order chi connectivity index (χ1) is 15.4. The summed E-state index contributed by atoms with van der Waals surface area (Å²) in [7, 11) is 1.56. The van der Waals surface area contributed by atoms with E-state index in [4.69, 9.17) is 16.3 Å². The van der Waals surface area contributed by atoms with Gasteiger partial charge in [-0.25, -0.2) is 4.68 Å². The van der Waals surface area contributed by atoms with Crippen LogP contribution in [0.1, 0.15) is 51.5 Å². The summed E-state index contributed by atoms with van der Waals surface area (Å²) in [5.41, 5.74) is 6.34. The number of anilines is 1. The second kappa shape index (κ2) is 10.6. The fourth-order valence-corrected chi connectivity index (χ4v) is 4.53.